The number of cyclic esters (lactones) is 1. The van der Waals surface area contributed by atoms with E-state index in [1.165, 1.54) is 6.08 Å². The van der Waals surface area contributed by atoms with Gasteiger partial charge in [-0.25, -0.2) is 0 Å². The molecular formula is C28H40O7. The highest BCUT2D eigenvalue weighted by atomic mass is 16.6. The molecule has 5 unspecified atom stereocenters. The van der Waals surface area contributed by atoms with E-state index in [0.29, 0.717) is 25.7 Å². The summed E-state index contributed by atoms with van der Waals surface area (Å²) < 4.78 is 11.9. The first-order valence-electron chi connectivity index (χ1n) is 13.5. The molecule has 2 aliphatic heterocycles. The van der Waals surface area contributed by atoms with Gasteiger partial charge in [-0.1, -0.05) is 20.8 Å². The minimum atomic E-state index is -1.59. The average Bonchev–Trinajstić information content (AvgIpc) is 3.47. The number of carbonyl (C=O) groups is 2. The summed E-state index contributed by atoms with van der Waals surface area (Å²) in [6.45, 7) is 9.56. The number of aliphatic hydroxyl groups is 3. The van der Waals surface area contributed by atoms with Crippen LogP contribution in [0.3, 0.4) is 0 Å². The fraction of sp³-hybridized carbons (Fsp3) is 0.857. The molecule has 6 aliphatic rings. The molecule has 4 aliphatic carbocycles. The van der Waals surface area contributed by atoms with E-state index in [2.05, 4.69) is 6.92 Å². The fourth-order valence-corrected chi connectivity index (χ4v) is 9.72. The number of epoxide rings is 1. The van der Waals surface area contributed by atoms with Crippen LogP contribution >= 0.6 is 0 Å². The van der Waals surface area contributed by atoms with Gasteiger partial charge in [0.2, 0.25) is 0 Å². The number of allylic oxidation sites excluding steroid dienone is 1. The summed E-state index contributed by atoms with van der Waals surface area (Å²) in [7, 11) is 0. The van der Waals surface area contributed by atoms with Gasteiger partial charge in [0.15, 0.2) is 5.78 Å². The van der Waals surface area contributed by atoms with Gasteiger partial charge in [0.25, 0.3) is 0 Å². The molecule has 0 aromatic carbocycles. The van der Waals surface area contributed by atoms with Crippen molar-refractivity contribution in [2.75, 3.05) is 0 Å². The van der Waals surface area contributed by atoms with Gasteiger partial charge in [-0.05, 0) is 88.2 Å². The summed E-state index contributed by atoms with van der Waals surface area (Å²) in [6, 6.07) is 0. The SMILES string of the molecule is C[C@H]1CC([C@](C)(O)[C@@]2(O)CCC3C4C[C@H]5OC56[C@@H](O)C=CC(=O)[C@]6(C)C4CC[C@@]32C)OC(=O)[C@@H]1C. The molecule has 6 rings (SSSR count). The van der Waals surface area contributed by atoms with Crippen molar-refractivity contribution >= 4 is 11.8 Å². The van der Waals surface area contributed by atoms with Crippen molar-refractivity contribution in [2.45, 2.75) is 108 Å². The molecule has 0 radical (unpaired) electrons. The highest BCUT2D eigenvalue weighted by Gasteiger charge is 2.81. The third-order valence-electron chi connectivity index (χ3n) is 12.3. The highest BCUT2D eigenvalue weighted by Crippen LogP contribution is 2.74. The van der Waals surface area contributed by atoms with Crippen LogP contribution in [0.1, 0.15) is 73.1 Å². The molecule has 194 valence electrons. The molecule has 3 N–H and O–H groups in total. The zero-order valence-electron chi connectivity index (χ0n) is 21.5. The highest BCUT2D eigenvalue weighted by molar-refractivity contribution is 5.98. The first-order valence-corrected chi connectivity index (χ1v) is 13.5. The number of carbonyl (C=O) groups excluding carboxylic acids is 2. The van der Waals surface area contributed by atoms with Gasteiger partial charge in [-0.2, -0.15) is 0 Å². The van der Waals surface area contributed by atoms with E-state index in [0.717, 1.165) is 12.8 Å². The van der Waals surface area contributed by atoms with Crippen LogP contribution in [0.5, 0.6) is 0 Å². The Labute approximate surface area is 207 Å². The minimum Gasteiger partial charge on any atom is -0.459 e. The molecule has 7 nitrogen and oxygen atoms in total. The van der Waals surface area contributed by atoms with Crippen LogP contribution in [0.25, 0.3) is 0 Å². The van der Waals surface area contributed by atoms with E-state index in [1.54, 1.807) is 13.0 Å². The number of esters is 1. The molecule has 1 spiro atoms. The normalized spacial score (nSPS) is 58.4. The van der Waals surface area contributed by atoms with Crippen LogP contribution in [0.2, 0.25) is 0 Å². The predicted molar refractivity (Wildman–Crippen MR) is 126 cm³/mol. The summed E-state index contributed by atoms with van der Waals surface area (Å²) in [6.07, 6.45) is 5.20. The second kappa shape index (κ2) is 6.97. The lowest BCUT2D eigenvalue weighted by Gasteiger charge is -2.61. The molecule has 13 atom stereocenters. The van der Waals surface area contributed by atoms with Crippen LogP contribution in [0.4, 0.5) is 0 Å². The number of hydrogen-bond donors (Lipinski definition) is 3. The Bertz CT molecular complexity index is 1010. The summed E-state index contributed by atoms with van der Waals surface area (Å²) >= 11 is 0. The van der Waals surface area contributed by atoms with Gasteiger partial charge in [0, 0.05) is 5.41 Å². The Balaban J connectivity index is 1.34. The van der Waals surface area contributed by atoms with Crippen molar-refractivity contribution < 1.29 is 34.4 Å². The van der Waals surface area contributed by atoms with Crippen molar-refractivity contribution in [1.82, 2.24) is 0 Å². The fourth-order valence-electron chi connectivity index (χ4n) is 9.72. The number of fused-ring (bicyclic) bond motifs is 4. The molecule has 35 heavy (non-hydrogen) atoms. The Hall–Kier alpha value is -1.28. The van der Waals surface area contributed by atoms with E-state index in [4.69, 9.17) is 9.47 Å². The van der Waals surface area contributed by atoms with Crippen LogP contribution in [0, 0.1) is 40.4 Å². The number of hydrogen-bond acceptors (Lipinski definition) is 7. The maximum Gasteiger partial charge on any atom is 0.309 e. The third kappa shape index (κ3) is 2.56. The molecule has 7 heteroatoms. The van der Waals surface area contributed by atoms with Gasteiger partial charge in [-0.15, -0.1) is 0 Å². The standard InChI is InChI=1S/C28H40O7/c1-14-12-21(34-23(31)15(14)2)26(5,32)27(33)11-9-17-16-13-22-28(35-22)20(30)7-6-19(29)25(28,4)18(16)8-10-24(17,27)3/h6-7,14-18,20-22,30,32-33H,8-13H2,1-5H3/t14-,15+,16?,17?,18?,20-,21?,22+,24-,25-,26-,27+,28?/m0/s1. The van der Waals surface area contributed by atoms with E-state index in [1.807, 2.05) is 20.8 Å². The second-order valence-electron chi connectivity index (χ2n) is 13.3. The van der Waals surface area contributed by atoms with Crippen molar-refractivity contribution in [1.29, 1.82) is 0 Å². The van der Waals surface area contributed by atoms with E-state index in [9.17, 15) is 24.9 Å². The van der Waals surface area contributed by atoms with Crippen molar-refractivity contribution in [3.8, 4) is 0 Å². The average molecular weight is 489 g/mol. The minimum absolute atomic E-state index is 0.0288. The summed E-state index contributed by atoms with van der Waals surface area (Å²) in [5.74, 6) is -0.146. The zero-order valence-corrected chi connectivity index (χ0v) is 21.5. The number of ketones is 1. The smallest absolute Gasteiger partial charge is 0.309 e. The van der Waals surface area contributed by atoms with Crippen molar-refractivity contribution in [3.63, 3.8) is 0 Å². The second-order valence-corrected chi connectivity index (χ2v) is 13.3. The molecule has 2 saturated heterocycles. The number of aliphatic hydroxyl groups excluding tert-OH is 1. The lowest BCUT2D eigenvalue weighted by atomic mass is 9.43. The Kier molecular flexibility index (Phi) is 4.80. The van der Waals surface area contributed by atoms with Crippen molar-refractivity contribution in [3.05, 3.63) is 12.2 Å². The molecule has 3 saturated carbocycles. The monoisotopic (exact) mass is 488 g/mol. The summed E-state index contributed by atoms with van der Waals surface area (Å²) in [4.78, 5) is 25.8. The first-order chi connectivity index (χ1) is 16.3. The van der Waals surface area contributed by atoms with Crippen LogP contribution in [-0.4, -0.2) is 62.2 Å². The Morgan fingerprint density at radius 2 is 1.77 bits per heavy atom. The number of rotatable bonds is 2. The van der Waals surface area contributed by atoms with Crippen LogP contribution in [-0.2, 0) is 19.1 Å². The van der Waals surface area contributed by atoms with Gasteiger partial charge in [0.1, 0.15) is 29.0 Å². The van der Waals surface area contributed by atoms with Gasteiger partial charge >= 0.3 is 5.97 Å². The van der Waals surface area contributed by atoms with E-state index in [-0.39, 0.29) is 47.4 Å². The zero-order chi connectivity index (χ0) is 25.3. The molecule has 2 heterocycles. The quantitative estimate of drug-likeness (QED) is 0.404. The first kappa shape index (κ1) is 24.1. The van der Waals surface area contributed by atoms with Crippen molar-refractivity contribution in [2.24, 2.45) is 40.4 Å². The molecule has 5 fully saturated rings. The number of ether oxygens (including phenoxy) is 2. The maximum atomic E-state index is 13.3. The summed E-state index contributed by atoms with van der Waals surface area (Å²) in [5.41, 5.74) is -5.21. The molecule has 0 aromatic rings. The topological polar surface area (TPSA) is 117 Å². The van der Waals surface area contributed by atoms with Gasteiger partial charge in [-0.3, -0.25) is 9.59 Å². The lowest BCUT2D eigenvalue weighted by Crippen LogP contribution is -2.69. The molecule has 0 amide bonds. The molecular weight excluding hydrogens is 448 g/mol. The predicted octanol–water partition coefficient (Wildman–Crippen LogP) is 2.55. The Morgan fingerprint density at radius 3 is 2.46 bits per heavy atom. The Morgan fingerprint density at radius 1 is 1.09 bits per heavy atom. The van der Waals surface area contributed by atoms with E-state index >= 15 is 0 Å². The van der Waals surface area contributed by atoms with Crippen LogP contribution in [0.15, 0.2) is 12.2 Å². The largest absolute Gasteiger partial charge is 0.459 e. The van der Waals surface area contributed by atoms with Gasteiger partial charge in [0.05, 0.1) is 17.4 Å². The van der Waals surface area contributed by atoms with Crippen LogP contribution < -0.4 is 0 Å². The lowest BCUT2D eigenvalue weighted by molar-refractivity contribution is -0.261. The molecule has 0 aromatic heterocycles. The van der Waals surface area contributed by atoms with E-state index < -0.39 is 39.8 Å². The molecule has 0 bridgehead atoms. The third-order valence-corrected chi connectivity index (χ3v) is 12.3. The summed E-state index contributed by atoms with van der Waals surface area (Å²) in [5, 5.41) is 35.1. The van der Waals surface area contributed by atoms with Gasteiger partial charge < -0.3 is 24.8 Å². The maximum absolute atomic E-state index is 13.3.